The maximum absolute atomic E-state index is 12.1. The average molecular weight is 353 g/mol. The van der Waals surface area contributed by atoms with Crippen LogP contribution in [0.3, 0.4) is 0 Å². The highest BCUT2D eigenvalue weighted by atomic mass is 16.5. The van der Waals surface area contributed by atoms with Crippen LogP contribution in [0.25, 0.3) is 0 Å². The van der Waals surface area contributed by atoms with Crippen LogP contribution >= 0.6 is 0 Å². The highest BCUT2D eigenvalue weighted by Crippen LogP contribution is 2.14. The van der Waals surface area contributed by atoms with Gasteiger partial charge in [-0.15, -0.1) is 0 Å². The number of carbonyl (C=O) groups is 3. The molecule has 1 N–H and O–H groups in total. The second-order valence-corrected chi connectivity index (χ2v) is 5.71. The van der Waals surface area contributed by atoms with Crippen molar-refractivity contribution in [1.82, 2.24) is 5.32 Å². The summed E-state index contributed by atoms with van der Waals surface area (Å²) < 4.78 is 9.34. The van der Waals surface area contributed by atoms with E-state index in [4.69, 9.17) is 0 Å². The number of rotatable bonds is 12. The minimum absolute atomic E-state index is 0.366. The van der Waals surface area contributed by atoms with Crippen molar-refractivity contribution in [2.75, 3.05) is 14.2 Å². The summed E-state index contributed by atoms with van der Waals surface area (Å²) in [4.78, 5) is 35.8. The Bertz CT molecular complexity index is 454. The van der Waals surface area contributed by atoms with Crippen LogP contribution in [0.5, 0.6) is 0 Å². The second kappa shape index (κ2) is 14.3. The quantitative estimate of drug-likeness (QED) is 0.192. The van der Waals surface area contributed by atoms with Gasteiger partial charge >= 0.3 is 11.9 Å². The molecule has 0 aliphatic carbocycles. The van der Waals surface area contributed by atoms with Gasteiger partial charge in [-0.25, -0.2) is 0 Å². The van der Waals surface area contributed by atoms with Crippen LogP contribution in [0.2, 0.25) is 0 Å². The summed E-state index contributed by atoms with van der Waals surface area (Å²) in [5, 5.41) is 2.70. The Morgan fingerprint density at radius 2 is 1.60 bits per heavy atom. The molecule has 0 unspecified atom stereocenters. The Kier molecular flexibility index (Phi) is 13.0. The molecule has 0 bridgehead atoms. The topological polar surface area (TPSA) is 81.7 Å². The molecular weight excluding hydrogens is 322 g/mol. The fraction of sp³-hybridized carbons (Fsp3) is 0.632. The number of hydrogen-bond acceptors (Lipinski definition) is 5. The molecule has 0 saturated carbocycles. The Balaban J connectivity index is 4.78. The summed E-state index contributed by atoms with van der Waals surface area (Å²) in [5.41, 5.74) is 0. The highest BCUT2D eigenvalue weighted by Gasteiger charge is 2.37. The van der Waals surface area contributed by atoms with Gasteiger partial charge in [0.1, 0.15) is 0 Å². The molecule has 0 radical (unpaired) electrons. The van der Waals surface area contributed by atoms with Gasteiger partial charge < -0.3 is 14.8 Å². The second-order valence-electron chi connectivity index (χ2n) is 5.71. The van der Waals surface area contributed by atoms with Gasteiger partial charge in [0.05, 0.1) is 20.3 Å². The Morgan fingerprint density at radius 3 is 2.12 bits per heavy atom. The minimum Gasteiger partial charge on any atom is -0.468 e. The molecule has 6 nitrogen and oxygen atoms in total. The van der Waals surface area contributed by atoms with Gasteiger partial charge in [-0.3, -0.25) is 14.4 Å². The fourth-order valence-electron chi connectivity index (χ4n) is 2.37. The molecule has 0 fully saturated rings. The normalized spacial score (nSPS) is 12.5. The van der Waals surface area contributed by atoms with E-state index in [2.05, 4.69) is 21.7 Å². The van der Waals surface area contributed by atoms with E-state index in [0.717, 1.165) is 12.8 Å². The SMILES string of the molecule is CCCCC/C=C/C=C/C(=O)N[C@@H](CCC)C(C(=O)OC)C(=O)OC. The van der Waals surface area contributed by atoms with Gasteiger partial charge in [-0.1, -0.05) is 51.3 Å². The fourth-order valence-corrected chi connectivity index (χ4v) is 2.37. The molecular formula is C19H31NO5. The molecule has 0 aromatic heterocycles. The third kappa shape index (κ3) is 9.69. The number of carbonyl (C=O) groups excluding carboxylic acids is 3. The van der Waals surface area contributed by atoms with Crippen molar-refractivity contribution >= 4 is 17.8 Å². The number of methoxy groups -OCH3 is 2. The third-order valence-corrected chi connectivity index (χ3v) is 3.71. The summed E-state index contributed by atoms with van der Waals surface area (Å²) in [6, 6.07) is -0.671. The first-order chi connectivity index (χ1) is 12.0. The van der Waals surface area contributed by atoms with Crippen molar-refractivity contribution in [3.8, 4) is 0 Å². The van der Waals surface area contributed by atoms with E-state index in [0.29, 0.717) is 12.8 Å². The molecule has 0 rings (SSSR count). The van der Waals surface area contributed by atoms with Crippen LogP contribution in [0.1, 0.15) is 52.4 Å². The van der Waals surface area contributed by atoms with E-state index < -0.39 is 23.9 Å². The molecule has 1 amide bonds. The Hall–Kier alpha value is -2.11. The summed E-state index contributed by atoms with van der Waals surface area (Å²) >= 11 is 0. The average Bonchev–Trinajstić information content (AvgIpc) is 2.60. The van der Waals surface area contributed by atoms with E-state index in [1.54, 1.807) is 6.08 Å². The van der Waals surface area contributed by atoms with Crippen molar-refractivity contribution in [2.24, 2.45) is 5.92 Å². The van der Waals surface area contributed by atoms with Gasteiger partial charge in [-0.05, 0) is 19.3 Å². The predicted molar refractivity (Wildman–Crippen MR) is 96.8 cm³/mol. The summed E-state index contributed by atoms with van der Waals surface area (Å²) in [7, 11) is 2.40. The van der Waals surface area contributed by atoms with Crippen LogP contribution < -0.4 is 5.32 Å². The van der Waals surface area contributed by atoms with Crippen LogP contribution in [-0.2, 0) is 23.9 Å². The zero-order valence-electron chi connectivity index (χ0n) is 15.7. The van der Waals surface area contributed by atoms with Gasteiger partial charge in [0.25, 0.3) is 0 Å². The van der Waals surface area contributed by atoms with Crippen LogP contribution in [0.4, 0.5) is 0 Å². The summed E-state index contributed by atoms with van der Waals surface area (Å²) in [6.45, 7) is 4.05. The zero-order chi connectivity index (χ0) is 19.1. The smallest absolute Gasteiger partial charge is 0.322 e. The molecule has 0 aromatic carbocycles. The monoisotopic (exact) mass is 353 g/mol. The number of amides is 1. The predicted octanol–water partition coefficient (Wildman–Crippen LogP) is 2.93. The molecule has 0 saturated heterocycles. The van der Waals surface area contributed by atoms with Crippen LogP contribution in [0, 0.1) is 5.92 Å². The lowest BCUT2D eigenvalue weighted by Crippen LogP contribution is -2.47. The van der Waals surface area contributed by atoms with Gasteiger partial charge in [0.2, 0.25) is 5.91 Å². The lowest BCUT2D eigenvalue weighted by Gasteiger charge is -2.23. The number of esters is 2. The van der Waals surface area contributed by atoms with E-state index in [1.807, 2.05) is 19.1 Å². The molecule has 25 heavy (non-hydrogen) atoms. The van der Waals surface area contributed by atoms with E-state index in [-0.39, 0.29) is 5.91 Å². The maximum Gasteiger partial charge on any atom is 0.322 e. The van der Waals surface area contributed by atoms with E-state index in [1.165, 1.54) is 33.1 Å². The molecule has 0 spiro atoms. The molecule has 1 atom stereocenters. The molecule has 142 valence electrons. The number of unbranched alkanes of at least 4 members (excludes halogenated alkanes) is 3. The van der Waals surface area contributed by atoms with Crippen molar-refractivity contribution < 1.29 is 23.9 Å². The lowest BCUT2D eigenvalue weighted by molar-refractivity contribution is -0.160. The van der Waals surface area contributed by atoms with Crippen molar-refractivity contribution in [2.45, 2.75) is 58.4 Å². The van der Waals surface area contributed by atoms with Crippen molar-refractivity contribution in [3.05, 3.63) is 24.3 Å². The molecule has 0 aliphatic heterocycles. The van der Waals surface area contributed by atoms with Crippen molar-refractivity contribution in [1.29, 1.82) is 0 Å². The first-order valence-electron chi connectivity index (χ1n) is 8.81. The maximum atomic E-state index is 12.1. The number of ether oxygens (including phenoxy) is 2. The Morgan fingerprint density at radius 1 is 0.960 bits per heavy atom. The molecule has 0 aromatic rings. The van der Waals surface area contributed by atoms with E-state index in [9.17, 15) is 14.4 Å². The van der Waals surface area contributed by atoms with E-state index >= 15 is 0 Å². The van der Waals surface area contributed by atoms with Gasteiger partial charge in [0, 0.05) is 6.08 Å². The van der Waals surface area contributed by atoms with Gasteiger partial charge in [-0.2, -0.15) is 0 Å². The number of hydrogen-bond donors (Lipinski definition) is 1. The highest BCUT2D eigenvalue weighted by molar-refractivity contribution is 5.97. The van der Waals surface area contributed by atoms with Crippen molar-refractivity contribution in [3.63, 3.8) is 0 Å². The first kappa shape index (κ1) is 22.9. The standard InChI is InChI=1S/C19H31NO5/c1-5-7-8-9-10-11-12-14-16(21)20-15(13-6-2)17(18(22)24-3)19(23)25-4/h10-12,14-15,17H,5-9,13H2,1-4H3,(H,20,21)/b11-10+,14-12+/t15-/m0/s1. The zero-order valence-corrected chi connectivity index (χ0v) is 15.7. The summed E-state index contributed by atoms with van der Waals surface area (Å²) in [6.07, 6.45) is 12.5. The first-order valence-corrected chi connectivity index (χ1v) is 8.81. The molecule has 0 heterocycles. The lowest BCUT2D eigenvalue weighted by atomic mass is 9.95. The minimum atomic E-state index is -1.17. The number of allylic oxidation sites excluding steroid dienone is 3. The third-order valence-electron chi connectivity index (χ3n) is 3.71. The number of nitrogens with one attached hydrogen (secondary N) is 1. The Labute approximate surface area is 150 Å². The summed E-state index contributed by atoms with van der Waals surface area (Å²) in [5.74, 6) is -2.97. The molecule has 0 aliphatic rings. The van der Waals surface area contributed by atoms with Gasteiger partial charge in [0.15, 0.2) is 5.92 Å². The molecule has 6 heteroatoms. The van der Waals surface area contributed by atoms with Crippen LogP contribution in [0.15, 0.2) is 24.3 Å². The van der Waals surface area contributed by atoms with Crippen LogP contribution in [-0.4, -0.2) is 38.1 Å². The largest absolute Gasteiger partial charge is 0.468 e.